The van der Waals surface area contributed by atoms with Crippen LogP contribution in [0.25, 0.3) is 0 Å². The van der Waals surface area contributed by atoms with Crippen molar-refractivity contribution in [2.24, 2.45) is 0 Å². The van der Waals surface area contributed by atoms with E-state index in [4.69, 9.17) is 9.47 Å². The van der Waals surface area contributed by atoms with Gasteiger partial charge < -0.3 is 9.47 Å². The van der Waals surface area contributed by atoms with Crippen molar-refractivity contribution in [3.05, 3.63) is 0 Å². The molecule has 0 aliphatic heterocycles. The second kappa shape index (κ2) is 63.6. The highest BCUT2D eigenvalue weighted by molar-refractivity contribution is 5.85. The molecule has 0 rings (SSSR count). The van der Waals surface area contributed by atoms with E-state index in [0.29, 0.717) is 25.9 Å². The molecule has 0 radical (unpaired) electrons. The molecule has 0 saturated heterocycles. The fourth-order valence-corrected chi connectivity index (χ4v) is 9.47. The van der Waals surface area contributed by atoms with E-state index in [0.717, 1.165) is 38.5 Å². The first kappa shape index (κ1) is 68.7. The third kappa shape index (κ3) is 64.6. The molecule has 0 spiro atoms. The smallest absolute Gasteiger partial charge is 0.313 e. The summed E-state index contributed by atoms with van der Waals surface area (Å²) >= 11 is 0. The Hall–Kier alpha value is -1.39. The van der Waals surface area contributed by atoms with Crippen LogP contribution in [0.1, 0.15) is 381 Å². The molecular formula is C63H124O5. The first-order chi connectivity index (χ1) is 33.5. The molecule has 68 heavy (non-hydrogen) atoms. The largest absolute Gasteiger partial charge is 0.466 e. The van der Waals surface area contributed by atoms with Crippen molar-refractivity contribution in [3.63, 3.8) is 0 Å². The van der Waals surface area contributed by atoms with Gasteiger partial charge in [-0.15, -0.1) is 0 Å². The van der Waals surface area contributed by atoms with Crippen molar-refractivity contribution in [3.8, 4) is 0 Å². The highest BCUT2D eigenvalue weighted by Gasteiger charge is 2.10. The topological polar surface area (TPSA) is 69.7 Å². The lowest BCUT2D eigenvalue weighted by molar-refractivity contribution is -0.159. The van der Waals surface area contributed by atoms with E-state index in [9.17, 15) is 14.4 Å². The lowest BCUT2D eigenvalue weighted by Gasteiger charge is -2.06. The molecular weight excluding hydrogens is 837 g/mol. The predicted octanol–water partition coefficient (Wildman–Crippen LogP) is 22.1. The van der Waals surface area contributed by atoms with Gasteiger partial charge in [0.2, 0.25) is 0 Å². The molecule has 5 nitrogen and oxygen atoms in total. The Kier molecular flexibility index (Phi) is 64.3. The van der Waals surface area contributed by atoms with Crippen LogP contribution in [-0.2, 0) is 23.9 Å². The predicted molar refractivity (Wildman–Crippen MR) is 299 cm³/mol. The molecule has 5 heteroatoms. The average molecular weight is 962 g/mol. The number of carbonyl (C=O) groups is 3. The Morgan fingerprint density at radius 3 is 0.574 bits per heavy atom. The van der Waals surface area contributed by atoms with E-state index >= 15 is 0 Å². The van der Waals surface area contributed by atoms with Gasteiger partial charge in [0, 0.05) is 19.3 Å². The molecule has 0 unspecified atom stereocenters. The van der Waals surface area contributed by atoms with E-state index < -0.39 is 0 Å². The molecule has 0 bridgehead atoms. The van der Waals surface area contributed by atoms with Gasteiger partial charge in [0.1, 0.15) is 0 Å². The summed E-state index contributed by atoms with van der Waals surface area (Å²) in [6.07, 6.45) is 70.1. The minimum Gasteiger partial charge on any atom is -0.466 e. The van der Waals surface area contributed by atoms with Crippen molar-refractivity contribution in [1.29, 1.82) is 0 Å². The summed E-state index contributed by atoms with van der Waals surface area (Å²) in [5, 5.41) is 0. The van der Waals surface area contributed by atoms with Crippen LogP contribution < -0.4 is 0 Å². The van der Waals surface area contributed by atoms with Crippen LogP contribution in [0.2, 0.25) is 0 Å². The lowest BCUT2D eigenvalue weighted by Crippen LogP contribution is -2.11. The third-order valence-electron chi connectivity index (χ3n) is 14.2. The zero-order valence-corrected chi connectivity index (χ0v) is 47.1. The molecule has 0 heterocycles. The Labute approximate surface area is 427 Å². The molecule has 0 amide bonds. The van der Waals surface area contributed by atoms with Gasteiger partial charge in [-0.1, -0.05) is 336 Å². The molecule has 0 aliphatic carbocycles. The molecule has 0 atom stereocenters. The first-order valence-corrected chi connectivity index (χ1v) is 31.4. The van der Waals surface area contributed by atoms with Crippen molar-refractivity contribution in [1.82, 2.24) is 0 Å². The van der Waals surface area contributed by atoms with E-state index in [1.54, 1.807) is 0 Å². The zero-order chi connectivity index (χ0) is 49.7. The Morgan fingerprint density at radius 2 is 0.368 bits per heavy atom. The maximum atomic E-state index is 11.8. The highest BCUT2D eigenvalue weighted by atomic mass is 16.6. The number of ether oxygens (including phenoxy) is 2. The fraction of sp³-hybridized carbons (Fsp3) is 0.952. The molecule has 0 aromatic rings. The normalized spacial score (nSPS) is 11.2. The minimum atomic E-state index is -0.329. The second-order valence-electron chi connectivity index (χ2n) is 21.3. The molecule has 0 aliphatic rings. The zero-order valence-electron chi connectivity index (χ0n) is 47.1. The van der Waals surface area contributed by atoms with Crippen molar-refractivity contribution in [2.45, 2.75) is 381 Å². The van der Waals surface area contributed by atoms with Crippen LogP contribution in [0.5, 0.6) is 0 Å². The van der Waals surface area contributed by atoms with Gasteiger partial charge in [0.05, 0.1) is 6.61 Å². The fourth-order valence-electron chi connectivity index (χ4n) is 9.47. The molecule has 0 saturated carbocycles. The number of carbonyl (C=O) groups excluding carboxylic acids is 3. The van der Waals surface area contributed by atoms with E-state index in [1.165, 1.54) is 295 Å². The highest BCUT2D eigenvalue weighted by Crippen LogP contribution is 2.17. The summed E-state index contributed by atoms with van der Waals surface area (Å²) in [4.78, 5) is 35.4. The average Bonchev–Trinajstić information content (AvgIpc) is 3.33. The van der Waals surface area contributed by atoms with Crippen LogP contribution >= 0.6 is 0 Å². The number of hydrogen-bond donors (Lipinski definition) is 0. The summed E-state index contributed by atoms with van der Waals surface area (Å²) in [5.74, 6) is -0.633. The van der Waals surface area contributed by atoms with Gasteiger partial charge >= 0.3 is 17.9 Å². The number of unbranched alkanes of at least 4 members (excludes halogenated alkanes) is 48. The van der Waals surface area contributed by atoms with E-state index in [-0.39, 0.29) is 17.9 Å². The third-order valence-corrected chi connectivity index (χ3v) is 14.2. The Morgan fingerprint density at radius 1 is 0.206 bits per heavy atom. The quantitative estimate of drug-likeness (QED) is 0.0345. The van der Waals surface area contributed by atoms with Crippen molar-refractivity contribution >= 4 is 17.9 Å². The molecule has 0 fully saturated rings. The number of hydrogen-bond acceptors (Lipinski definition) is 5. The molecule has 0 aromatic carbocycles. The standard InChI is InChI=1S/C32H62O3.C31H62O2/c1-3-5-7-9-11-13-14-15-16-17-18-19-20-22-24-26-28-30-32(34)35-31(33)29-27-25-23-21-12-10-8-6-4-2;1-3-5-7-9-11-13-14-15-16-17-18-19-20-22-24-26-28-30-33-31(32)29-27-25-23-21-12-10-8-6-4-2/h3-30H2,1-2H3;3-30H2,1-2H3. The SMILES string of the molecule is CCCCCCCCCCCCCCCCCCCC(=O)OC(=O)CCCCCCCCCCC.CCCCCCCCCCCCCCCCCCCOC(=O)CCCCCCCCCCC. The molecule has 406 valence electrons. The monoisotopic (exact) mass is 961 g/mol. The van der Waals surface area contributed by atoms with E-state index in [2.05, 4.69) is 27.7 Å². The Bertz CT molecular complexity index is 963. The first-order valence-electron chi connectivity index (χ1n) is 31.4. The number of esters is 3. The maximum absolute atomic E-state index is 11.8. The van der Waals surface area contributed by atoms with Gasteiger partial charge in [0.15, 0.2) is 0 Å². The van der Waals surface area contributed by atoms with Crippen LogP contribution in [-0.4, -0.2) is 24.5 Å². The van der Waals surface area contributed by atoms with Gasteiger partial charge in [-0.05, 0) is 25.7 Å². The summed E-state index contributed by atoms with van der Waals surface area (Å²) < 4.78 is 10.4. The lowest BCUT2D eigenvalue weighted by atomic mass is 10.0. The van der Waals surface area contributed by atoms with Gasteiger partial charge in [0.25, 0.3) is 0 Å². The van der Waals surface area contributed by atoms with Crippen LogP contribution in [0.15, 0.2) is 0 Å². The molecule has 0 N–H and O–H groups in total. The maximum Gasteiger partial charge on any atom is 0.313 e. The van der Waals surface area contributed by atoms with Crippen LogP contribution in [0.3, 0.4) is 0 Å². The number of rotatable bonds is 56. The minimum absolute atomic E-state index is 0.0226. The summed E-state index contributed by atoms with van der Waals surface area (Å²) in [6.45, 7) is 9.71. The summed E-state index contributed by atoms with van der Waals surface area (Å²) in [5.41, 5.74) is 0. The van der Waals surface area contributed by atoms with Gasteiger partial charge in [-0.2, -0.15) is 0 Å². The second-order valence-corrected chi connectivity index (χ2v) is 21.3. The summed E-state index contributed by atoms with van der Waals surface area (Å²) in [6, 6.07) is 0. The van der Waals surface area contributed by atoms with Crippen molar-refractivity contribution in [2.75, 3.05) is 6.61 Å². The van der Waals surface area contributed by atoms with Crippen LogP contribution in [0, 0.1) is 0 Å². The Balaban J connectivity index is 0. The van der Waals surface area contributed by atoms with E-state index in [1.807, 2.05) is 0 Å². The van der Waals surface area contributed by atoms with Gasteiger partial charge in [-0.3, -0.25) is 14.4 Å². The van der Waals surface area contributed by atoms with Gasteiger partial charge in [-0.25, -0.2) is 0 Å². The van der Waals surface area contributed by atoms with Crippen LogP contribution in [0.4, 0.5) is 0 Å². The molecule has 0 aromatic heterocycles. The summed E-state index contributed by atoms with van der Waals surface area (Å²) in [7, 11) is 0. The van der Waals surface area contributed by atoms with Crippen molar-refractivity contribution < 1.29 is 23.9 Å².